The summed E-state index contributed by atoms with van der Waals surface area (Å²) in [6.45, 7) is 6.12. The highest BCUT2D eigenvalue weighted by Gasteiger charge is 2.16. The number of hydrogen-bond acceptors (Lipinski definition) is 6. The van der Waals surface area contributed by atoms with Gasteiger partial charge in [0.1, 0.15) is 12.1 Å². The highest BCUT2D eigenvalue weighted by atomic mass is 32.2. The average Bonchev–Trinajstić information content (AvgIpc) is 2.92. The van der Waals surface area contributed by atoms with Crippen molar-refractivity contribution in [3.8, 4) is 0 Å². The van der Waals surface area contributed by atoms with Crippen LogP contribution in [0.5, 0.6) is 0 Å². The number of ether oxygens (including phenoxy) is 1. The Morgan fingerprint density at radius 3 is 2.31 bits per heavy atom. The zero-order valence-electron chi connectivity index (χ0n) is 22.2. The molecule has 2 amide bonds. The van der Waals surface area contributed by atoms with E-state index >= 15 is 0 Å². The molecule has 0 radical (unpaired) electrons. The smallest absolute Gasteiger partial charge is 0.313 e. The molecule has 0 aromatic heterocycles. The largest absolute Gasteiger partial charge is 0.466 e. The summed E-state index contributed by atoms with van der Waals surface area (Å²) in [7, 11) is 0. The number of benzene rings is 3. The van der Waals surface area contributed by atoms with Gasteiger partial charge in [0.25, 0.3) is 11.8 Å². The Morgan fingerprint density at radius 2 is 1.64 bits per heavy atom. The van der Waals surface area contributed by atoms with Crippen molar-refractivity contribution >= 4 is 47.1 Å². The second-order valence-corrected chi connectivity index (χ2v) is 10.0. The fraction of sp³-hybridized carbons (Fsp3) is 0.226. The third-order valence-corrected chi connectivity index (χ3v) is 6.64. The predicted octanol–water partition coefficient (Wildman–Crippen LogP) is 5.83. The molecule has 7 nitrogen and oxygen atoms in total. The number of ketones is 1. The van der Waals surface area contributed by atoms with Crippen molar-refractivity contribution in [3.63, 3.8) is 0 Å². The van der Waals surface area contributed by atoms with E-state index in [1.165, 1.54) is 17.3 Å². The van der Waals surface area contributed by atoms with E-state index in [-0.39, 0.29) is 30.3 Å². The van der Waals surface area contributed by atoms with Gasteiger partial charge in [0, 0.05) is 16.1 Å². The molecule has 0 atom stereocenters. The minimum absolute atomic E-state index is 0.0869. The third kappa shape index (κ3) is 9.57. The molecule has 8 heteroatoms. The molecule has 0 fully saturated rings. The standard InChI is InChI=1S/C31H32N2O5S/c1-4-38-29(35)19-26(34)20-39-27-12-8-11-25(18-27)32-31(37)28(33-30(36)24-9-6-5-7-10-24)17-22-13-15-23(16-14-22)21(2)3/h5-18,21H,4,19-20H2,1-3H3,(H,32,37)(H,33,36)/b28-17+. The van der Waals surface area contributed by atoms with Gasteiger partial charge in [-0.15, -0.1) is 11.8 Å². The number of anilines is 1. The lowest BCUT2D eigenvalue weighted by Gasteiger charge is -2.12. The van der Waals surface area contributed by atoms with E-state index in [9.17, 15) is 19.2 Å². The van der Waals surface area contributed by atoms with E-state index in [1.54, 1.807) is 55.5 Å². The number of hydrogen-bond donors (Lipinski definition) is 2. The SMILES string of the molecule is CCOC(=O)CC(=O)CSc1cccc(NC(=O)/C(=C\c2ccc(C(C)C)cc2)NC(=O)c2ccccc2)c1. The van der Waals surface area contributed by atoms with Gasteiger partial charge in [-0.3, -0.25) is 19.2 Å². The number of rotatable bonds is 12. The molecule has 39 heavy (non-hydrogen) atoms. The van der Waals surface area contributed by atoms with Crippen LogP contribution in [-0.4, -0.2) is 35.9 Å². The van der Waals surface area contributed by atoms with Gasteiger partial charge < -0.3 is 15.4 Å². The fourth-order valence-electron chi connectivity index (χ4n) is 3.54. The van der Waals surface area contributed by atoms with Crippen LogP contribution < -0.4 is 10.6 Å². The van der Waals surface area contributed by atoms with Crippen LogP contribution in [-0.2, 0) is 19.1 Å². The van der Waals surface area contributed by atoms with Gasteiger partial charge >= 0.3 is 5.97 Å². The maximum Gasteiger partial charge on any atom is 0.313 e. The fourth-order valence-corrected chi connectivity index (χ4v) is 4.35. The molecule has 0 saturated carbocycles. The molecule has 202 valence electrons. The molecule has 0 aliphatic rings. The van der Waals surface area contributed by atoms with Crippen molar-refractivity contribution in [2.75, 3.05) is 17.7 Å². The lowest BCUT2D eigenvalue weighted by atomic mass is 10.0. The highest BCUT2D eigenvalue weighted by molar-refractivity contribution is 8.00. The molecule has 3 aromatic rings. The first-order valence-electron chi connectivity index (χ1n) is 12.6. The normalized spacial score (nSPS) is 11.1. The van der Waals surface area contributed by atoms with Crippen LogP contribution in [0.3, 0.4) is 0 Å². The predicted molar refractivity (Wildman–Crippen MR) is 154 cm³/mol. The number of amides is 2. The Hall–Kier alpha value is -4.17. The van der Waals surface area contributed by atoms with Gasteiger partial charge in [0.2, 0.25) is 0 Å². The highest BCUT2D eigenvalue weighted by Crippen LogP contribution is 2.23. The molecule has 0 aliphatic carbocycles. The van der Waals surface area contributed by atoms with E-state index in [0.29, 0.717) is 17.2 Å². The van der Waals surface area contributed by atoms with Crippen molar-refractivity contribution < 1.29 is 23.9 Å². The Labute approximate surface area is 233 Å². The van der Waals surface area contributed by atoms with Gasteiger partial charge in [-0.05, 0) is 60.4 Å². The molecular weight excluding hydrogens is 512 g/mol. The zero-order chi connectivity index (χ0) is 28.2. The Kier molecular flexibility index (Phi) is 11.1. The summed E-state index contributed by atoms with van der Waals surface area (Å²) in [5, 5.41) is 5.57. The number of nitrogens with one attached hydrogen (secondary N) is 2. The maximum absolute atomic E-state index is 13.3. The Morgan fingerprint density at radius 1 is 0.923 bits per heavy atom. The molecule has 0 spiro atoms. The van der Waals surface area contributed by atoms with Gasteiger partial charge in [-0.25, -0.2) is 0 Å². The number of carbonyl (C=O) groups excluding carboxylic acids is 4. The van der Waals surface area contributed by atoms with Crippen molar-refractivity contribution in [2.45, 2.75) is 38.0 Å². The Bertz CT molecular complexity index is 1330. The van der Waals surface area contributed by atoms with E-state index in [0.717, 1.165) is 10.5 Å². The molecular formula is C31H32N2O5S. The summed E-state index contributed by atoms with van der Waals surface area (Å²) < 4.78 is 4.81. The number of esters is 1. The van der Waals surface area contributed by atoms with E-state index in [4.69, 9.17) is 4.74 Å². The maximum atomic E-state index is 13.3. The molecule has 3 aromatic carbocycles. The van der Waals surface area contributed by atoms with Crippen LogP contribution in [0, 0.1) is 0 Å². The van der Waals surface area contributed by atoms with Crippen LogP contribution in [0.2, 0.25) is 0 Å². The van der Waals surface area contributed by atoms with Gasteiger partial charge in [0.05, 0.1) is 12.4 Å². The van der Waals surface area contributed by atoms with Crippen LogP contribution >= 0.6 is 11.8 Å². The van der Waals surface area contributed by atoms with Crippen molar-refractivity contribution in [2.24, 2.45) is 0 Å². The topological polar surface area (TPSA) is 102 Å². The lowest BCUT2D eigenvalue weighted by molar-refractivity contribution is -0.145. The summed E-state index contributed by atoms with van der Waals surface area (Å²) >= 11 is 1.26. The summed E-state index contributed by atoms with van der Waals surface area (Å²) in [6, 6.07) is 23.5. The number of carbonyl (C=O) groups is 4. The van der Waals surface area contributed by atoms with E-state index in [2.05, 4.69) is 24.5 Å². The molecule has 3 rings (SSSR count). The second-order valence-electron chi connectivity index (χ2n) is 8.99. The lowest BCUT2D eigenvalue weighted by Crippen LogP contribution is -2.30. The molecule has 0 aliphatic heterocycles. The molecule has 2 N–H and O–H groups in total. The second kappa shape index (κ2) is 14.7. The van der Waals surface area contributed by atoms with Crippen LogP contribution in [0.15, 0.2) is 89.5 Å². The van der Waals surface area contributed by atoms with E-state index < -0.39 is 17.8 Å². The first-order valence-corrected chi connectivity index (χ1v) is 13.6. The van der Waals surface area contributed by atoms with Crippen LogP contribution in [0.25, 0.3) is 6.08 Å². The zero-order valence-corrected chi connectivity index (χ0v) is 23.0. The first kappa shape index (κ1) is 29.4. The molecule has 0 heterocycles. The van der Waals surface area contributed by atoms with Crippen molar-refractivity contribution in [1.82, 2.24) is 5.32 Å². The number of Topliss-reactive ketones (excluding diaryl/α,β-unsaturated/α-hetero) is 1. The van der Waals surface area contributed by atoms with Crippen molar-refractivity contribution in [1.29, 1.82) is 0 Å². The van der Waals surface area contributed by atoms with Crippen LogP contribution in [0.1, 0.15) is 54.6 Å². The van der Waals surface area contributed by atoms with E-state index in [1.807, 2.05) is 36.4 Å². The van der Waals surface area contributed by atoms with Crippen LogP contribution in [0.4, 0.5) is 5.69 Å². The van der Waals surface area contributed by atoms with Gasteiger partial charge in [-0.2, -0.15) is 0 Å². The summed E-state index contributed by atoms with van der Waals surface area (Å²) in [5.41, 5.74) is 2.95. The summed E-state index contributed by atoms with van der Waals surface area (Å²) in [5.74, 6) is -1.21. The first-order chi connectivity index (χ1) is 18.7. The van der Waals surface area contributed by atoms with Gasteiger partial charge in [0.15, 0.2) is 5.78 Å². The van der Waals surface area contributed by atoms with Gasteiger partial charge in [-0.1, -0.05) is 62.4 Å². The minimum Gasteiger partial charge on any atom is -0.466 e. The summed E-state index contributed by atoms with van der Waals surface area (Å²) in [4.78, 5) is 50.5. The molecule has 0 unspecified atom stereocenters. The molecule has 0 bridgehead atoms. The quantitative estimate of drug-likeness (QED) is 0.129. The third-order valence-electron chi connectivity index (χ3n) is 5.58. The minimum atomic E-state index is -0.542. The number of thioether (sulfide) groups is 1. The monoisotopic (exact) mass is 544 g/mol. The molecule has 0 saturated heterocycles. The van der Waals surface area contributed by atoms with Crippen molar-refractivity contribution in [3.05, 3.63) is 101 Å². The summed E-state index contributed by atoms with van der Waals surface area (Å²) in [6.07, 6.45) is 1.36. The average molecular weight is 545 g/mol. The Balaban J connectivity index is 1.75.